The van der Waals surface area contributed by atoms with Crippen LogP contribution in [0.5, 0.6) is 0 Å². The largest absolute Gasteiger partial charge is 0.223 e. The van der Waals surface area contributed by atoms with E-state index in [1.54, 1.807) is 12.1 Å². The second-order valence-electron chi connectivity index (χ2n) is 5.31. The Labute approximate surface area is 104 Å². The topological polar surface area (TPSA) is 34.1 Å². The molecule has 0 radical (unpaired) electrons. The Morgan fingerprint density at radius 2 is 1.65 bits per heavy atom. The third-order valence-corrected chi connectivity index (χ3v) is 6.53. The molecule has 0 amide bonds. The van der Waals surface area contributed by atoms with Crippen LogP contribution in [-0.2, 0) is 9.84 Å². The van der Waals surface area contributed by atoms with Crippen molar-refractivity contribution in [2.24, 2.45) is 11.8 Å². The molecule has 3 heteroatoms. The summed E-state index contributed by atoms with van der Waals surface area (Å²) in [4.78, 5) is 0.481. The Morgan fingerprint density at radius 3 is 2.12 bits per heavy atom. The van der Waals surface area contributed by atoms with Gasteiger partial charge in [-0.15, -0.1) is 0 Å². The van der Waals surface area contributed by atoms with Gasteiger partial charge in [-0.1, -0.05) is 31.5 Å². The molecular formula is C14H20O2S. The zero-order valence-corrected chi connectivity index (χ0v) is 11.5. The first-order chi connectivity index (χ1) is 7.93. The van der Waals surface area contributed by atoms with Gasteiger partial charge in [0.25, 0.3) is 0 Å². The van der Waals surface area contributed by atoms with Crippen LogP contribution >= 0.6 is 0 Å². The van der Waals surface area contributed by atoms with Crippen molar-refractivity contribution in [1.82, 2.24) is 0 Å². The van der Waals surface area contributed by atoms with Gasteiger partial charge in [0.2, 0.25) is 0 Å². The quantitative estimate of drug-likeness (QED) is 0.810. The summed E-state index contributed by atoms with van der Waals surface area (Å²) in [7, 11) is -3.14. The summed E-state index contributed by atoms with van der Waals surface area (Å²) in [6.45, 7) is 6.18. The van der Waals surface area contributed by atoms with Gasteiger partial charge < -0.3 is 0 Å². The van der Waals surface area contributed by atoms with Gasteiger partial charge in [0, 0.05) is 0 Å². The molecule has 0 aromatic heterocycles. The van der Waals surface area contributed by atoms with Crippen LogP contribution in [0.3, 0.4) is 0 Å². The summed E-state index contributed by atoms with van der Waals surface area (Å²) in [5.74, 6) is 0.779. The molecule has 0 saturated heterocycles. The third-order valence-electron chi connectivity index (χ3n) is 4.14. The maximum atomic E-state index is 12.5. The minimum atomic E-state index is -3.14. The zero-order valence-electron chi connectivity index (χ0n) is 10.7. The Bertz CT molecular complexity index is 487. The van der Waals surface area contributed by atoms with Crippen molar-refractivity contribution in [3.63, 3.8) is 0 Å². The van der Waals surface area contributed by atoms with Crippen molar-refractivity contribution in [1.29, 1.82) is 0 Å². The smallest absolute Gasteiger partial charge is 0.181 e. The van der Waals surface area contributed by atoms with Crippen LogP contribution in [-0.4, -0.2) is 13.7 Å². The highest BCUT2D eigenvalue weighted by atomic mass is 32.2. The van der Waals surface area contributed by atoms with E-state index in [4.69, 9.17) is 0 Å². The van der Waals surface area contributed by atoms with E-state index in [-0.39, 0.29) is 11.2 Å². The van der Waals surface area contributed by atoms with E-state index >= 15 is 0 Å². The van der Waals surface area contributed by atoms with Crippen LogP contribution in [0.4, 0.5) is 0 Å². The maximum Gasteiger partial charge on any atom is 0.181 e. The van der Waals surface area contributed by atoms with Crippen molar-refractivity contribution >= 4 is 9.84 Å². The minimum absolute atomic E-state index is 0.194. The van der Waals surface area contributed by atoms with Gasteiger partial charge in [-0.25, -0.2) is 8.42 Å². The average molecular weight is 252 g/mol. The number of rotatable bonds is 2. The van der Waals surface area contributed by atoms with Crippen LogP contribution in [0, 0.1) is 18.8 Å². The summed E-state index contributed by atoms with van der Waals surface area (Å²) in [5.41, 5.74) is 1.09. The summed E-state index contributed by atoms with van der Waals surface area (Å²) in [6, 6.07) is 7.21. The van der Waals surface area contributed by atoms with Crippen molar-refractivity contribution in [2.45, 2.75) is 43.8 Å². The zero-order chi connectivity index (χ0) is 12.6. The highest BCUT2D eigenvalue weighted by Gasteiger charge is 2.39. The molecule has 2 rings (SSSR count). The van der Waals surface area contributed by atoms with Crippen LogP contribution in [0.1, 0.15) is 32.3 Å². The van der Waals surface area contributed by atoms with E-state index in [1.165, 1.54) is 0 Å². The fourth-order valence-corrected chi connectivity index (χ4v) is 4.80. The van der Waals surface area contributed by atoms with E-state index in [1.807, 2.05) is 19.1 Å². The van der Waals surface area contributed by atoms with Gasteiger partial charge in [-0.2, -0.15) is 0 Å². The monoisotopic (exact) mass is 252 g/mol. The van der Waals surface area contributed by atoms with Crippen molar-refractivity contribution in [3.8, 4) is 0 Å². The van der Waals surface area contributed by atoms with Crippen molar-refractivity contribution in [3.05, 3.63) is 29.8 Å². The van der Waals surface area contributed by atoms with E-state index in [0.717, 1.165) is 18.4 Å². The second kappa shape index (κ2) is 4.45. The molecule has 1 saturated carbocycles. The van der Waals surface area contributed by atoms with Gasteiger partial charge in [0.15, 0.2) is 9.84 Å². The molecule has 94 valence electrons. The Morgan fingerprint density at radius 1 is 1.06 bits per heavy atom. The molecule has 1 aliphatic rings. The molecule has 0 bridgehead atoms. The normalized spacial score (nSPS) is 29.5. The standard InChI is InChI=1S/C14H20O2S/c1-10-4-7-13(8-5-10)17(15,16)14-9-6-11(2)12(14)3/h4-5,7-8,11-12,14H,6,9H2,1-3H3/t11?,12?,14-/m1/s1. The van der Waals surface area contributed by atoms with Gasteiger partial charge in [-0.05, 0) is 43.7 Å². The highest BCUT2D eigenvalue weighted by Crippen LogP contribution is 2.38. The maximum absolute atomic E-state index is 12.5. The number of hydrogen-bond acceptors (Lipinski definition) is 2. The molecule has 1 fully saturated rings. The van der Waals surface area contributed by atoms with E-state index in [9.17, 15) is 8.42 Å². The van der Waals surface area contributed by atoms with Crippen molar-refractivity contribution < 1.29 is 8.42 Å². The lowest BCUT2D eigenvalue weighted by molar-refractivity contribution is 0.450. The molecule has 1 aromatic rings. The molecule has 1 aromatic carbocycles. The Hall–Kier alpha value is -0.830. The number of benzene rings is 1. The molecule has 0 N–H and O–H groups in total. The number of hydrogen-bond donors (Lipinski definition) is 0. The van der Waals surface area contributed by atoms with Gasteiger partial charge in [-0.3, -0.25) is 0 Å². The summed E-state index contributed by atoms with van der Waals surface area (Å²) >= 11 is 0. The summed E-state index contributed by atoms with van der Waals surface area (Å²) in [6.07, 6.45) is 1.83. The first-order valence-corrected chi connectivity index (χ1v) is 7.78. The molecule has 1 aliphatic carbocycles. The van der Waals surface area contributed by atoms with Crippen LogP contribution in [0.15, 0.2) is 29.2 Å². The molecule has 0 heterocycles. The SMILES string of the molecule is Cc1ccc(S(=O)(=O)[C@@H]2CCC(C)C2C)cc1. The highest BCUT2D eigenvalue weighted by molar-refractivity contribution is 7.92. The minimum Gasteiger partial charge on any atom is -0.223 e. The van der Waals surface area contributed by atoms with Crippen LogP contribution in [0.2, 0.25) is 0 Å². The van der Waals surface area contributed by atoms with Crippen LogP contribution in [0.25, 0.3) is 0 Å². The molecule has 17 heavy (non-hydrogen) atoms. The fraction of sp³-hybridized carbons (Fsp3) is 0.571. The number of aryl methyl sites for hydroxylation is 1. The molecule has 3 atom stereocenters. The van der Waals surface area contributed by atoms with Crippen molar-refractivity contribution in [2.75, 3.05) is 0 Å². The van der Waals surface area contributed by atoms with Crippen LogP contribution < -0.4 is 0 Å². The average Bonchev–Trinajstić information content (AvgIpc) is 2.61. The van der Waals surface area contributed by atoms with E-state index in [0.29, 0.717) is 10.8 Å². The molecule has 0 spiro atoms. The first-order valence-electron chi connectivity index (χ1n) is 6.23. The second-order valence-corrected chi connectivity index (χ2v) is 7.48. The summed E-state index contributed by atoms with van der Waals surface area (Å²) in [5, 5.41) is -0.194. The van der Waals surface area contributed by atoms with Gasteiger partial charge >= 0.3 is 0 Å². The fourth-order valence-electron chi connectivity index (χ4n) is 2.66. The van der Waals surface area contributed by atoms with E-state index in [2.05, 4.69) is 13.8 Å². The van der Waals surface area contributed by atoms with Gasteiger partial charge in [0.05, 0.1) is 10.1 Å². The summed E-state index contributed by atoms with van der Waals surface area (Å²) < 4.78 is 25.0. The Kier molecular flexibility index (Phi) is 3.30. The predicted molar refractivity (Wildman–Crippen MR) is 69.7 cm³/mol. The molecule has 2 unspecified atom stereocenters. The molecular weight excluding hydrogens is 232 g/mol. The lowest BCUT2D eigenvalue weighted by Crippen LogP contribution is -2.25. The van der Waals surface area contributed by atoms with Gasteiger partial charge in [0.1, 0.15) is 0 Å². The predicted octanol–water partition coefficient (Wildman–Crippen LogP) is 3.20. The number of sulfone groups is 1. The lowest BCUT2D eigenvalue weighted by Gasteiger charge is -2.18. The third kappa shape index (κ3) is 2.25. The first kappa shape index (κ1) is 12.6. The van der Waals surface area contributed by atoms with E-state index < -0.39 is 9.84 Å². The molecule has 0 aliphatic heterocycles. The lowest BCUT2D eigenvalue weighted by atomic mass is 10.0. The Balaban J connectivity index is 2.34. The molecule has 2 nitrogen and oxygen atoms in total.